The highest BCUT2D eigenvalue weighted by atomic mass is 32.1. The number of rotatable bonds is 6. The molecule has 4 nitrogen and oxygen atoms in total. The van der Waals surface area contributed by atoms with Crippen molar-refractivity contribution in [2.24, 2.45) is 0 Å². The summed E-state index contributed by atoms with van der Waals surface area (Å²) in [6.45, 7) is 5.14. The normalized spacial score (nSPS) is 15.5. The van der Waals surface area contributed by atoms with E-state index in [1.54, 1.807) is 11.3 Å². The number of hydrogen-bond acceptors (Lipinski definition) is 4. The van der Waals surface area contributed by atoms with Crippen molar-refractivity contribution < 1.29 is 9.53 Å². The highest BCUT2D eigenvalue weighted by molar-refractivity contribution is 7.10. The maximum absolute atomic E-state index is 12.0. The van der Waals surface area contributed by atoms with Crippen molar-refractivity contribution in [3.8, 4) is 0 Å². The molecule has 2 aromatic rings. The Morgan fingerprint density at radius 3 is 2.78 bits per heavy atom. The minimum absolute atomic E-state index is 0.0750. The molecule has 0 bridgehead atoms. The van der Waals surface area contributed by atoms with Gasteiger partial charge in [-0.2, -0.15) is 0 Å². The standard InChI is InChI=1S/C18H22N2O2S/c21-18(12-17-5-2-10-23-17)19-13-15-3-1-4-16(11-15)14-20-6-8-22-9-7-20/h1-5,10-11H,6-9,12-14H2,(H,19,21). The summed E-state index contributed by atoms with van der Waals surface area (Å²) in [5.41, 5.74) is 2.44. The van der Waals surface area contributed by atoms with Crippen molar-refractivity contribution in [3.05, 3.63) is 57.8 Å². The fourth-order valence-electron chi connectivity index (χ4n) is 2.69. The molecule has 2 heterocycles. The molecule has 5 heteroatoms. The maximum atomic E-state index is 12.0. The van der Waals surface area contributed by atoms with Crippen LogP contribution in [0.3, 0.4) is 0 Å². The molecule has 1 N–H and O–H groups in total. The molecule has 0 radical (unpaired) electrons. The summed E-state index contributed by atoms with van der Waals surface area (Å²) in [6, 6.07) is 12.4. The SMILES string of the molecule is O=C(Cc1cccs1)NCc1cccc(CN2CCOCC2)c1. The van der Waals surface area contributed by atoms with Crippen molar-refractivity contribution in [2.45, 2.75) is 19.5 Å². The first-order valence-corrected chi connectivity index (χ1v) is 8.84. The molecule has 0 saturated carbocycles. The second-order valence-corrected chi connectivity index (χ2v) is 6.77. The van der Waals surface area contributed by atoms with Gasteiger partial charge in [0.25, 0.3) is 0 Å². The van der Waals surface area contributed by atoms with Crippen molar-refractivity contribution in [2.75, 3.05) is 26.3 Å². The Kier molecular flexibility index (Phi) is 5.80. The number of carbonyl (C=O) groups excluding carboxylic acids is 1. The Morgan fingerprint density at radius 2 is 2.00 bits per heavy atom. The van der Waals surface area contributed by atoms with Crippen LogP contribution in [0.4, 0.5) is 0 Å². The second-order valence-electron chi connectivity index (χ2n) is 5.74. The lowest BCUT2D eigenvalue weighted by Gasteiger charge is -2.26. The molecule has 0 unspecified atom stereocenters. The molecular formula is C18H22N2O2S. The largest absolute Gasteiger partial charge is 0.379 e. The Labute approximate surface area is 141 Å². The molecule has 1 fully saturated rings. The van der Waals surface area contributed by atoms with E-state index in [4.69, 9.17) is 4.74 Å². The van der Waals surface area contributed by atoms with Gasteiger partial charge in [0.05, 0.1) is 19.6 Å². The molecule has 1 aliphatic rings. The van der Waals surface area contributed by atoms with Gasteiger partial charge in [0.2, 0.25) is 5.91 Å². The van der Waals surface area contributed by atoms with Crippen LogP contribution in [0.1, 0.15) is 16.0 Å². The summed E-state index contributed by atoms with van der Waals surface area (Å²) < 4.78 is 5.38. The van der Waals surface area contributed by atoms with Gasteiger partial charge in [-0.15, -0.1) is 11.3 Å². The van der Waals surface area contributed by atoms with Gasteiger partial charge in [-0.3, -0.25) is 9.69 Å². The summed E-state index contributed by atoms with van der Waals surface area (Å²) >= 11 is 1.62. The number of amides is 1. The first-order chi connectivity index (χ1) is 11.3. The van der Waals surface area contributed by atoms with Gasteiger partial charge < -0.3 is 10.1 Å². The van der Waals surface area contributed by atoms with Crippen molar-refractivity contribution in [3.63, 3.8) is 0 Å². The molecule has 122 valence electrons. The Bertz CT molecular complexity index is 622. The van der Waals surface area contributed by atoms with Crippen molar-refractivity contribution in [1.82, 2.24) is 10.2 Å². The summed E-state index contributed by atoms with van der Waals surface area (Å²) in [5.74, 6) is 0.0750. The molecular weight excluding hydrogens is 308 g/mol. The Balaban J connectivity index is 1.49. The molecule has 1 amide bonds. The number of carbonyl (C=O) groups is 1. The molecule has 23 heavy (non-hydrogen) atoms. The Morgan fingerprint density at radius 1 is 1.17 bits per heavy atom. The third-order valence-electron chi connectivity index (χ3n) is 3.91. The van der Waals surface area contributed by atoms with E-state index >= 15 is 0 Å². The molecule has 0 aliphatic carbocycles. The number of ether oxygens (including phenoxy) is 1. The zero-order chi connectivity index (χ0) is 15.9. The average Bonchev–Trinajstić information content (AvgIpc) is 3.07. The first-order valence-electron chi connectivity index (χ1n) is 7.96. The van der Waals surface area contributed by atoms with Crippen molar-refractivity contribution in [1.29, 1.82) is 0 Å². The third-order valence-corrected chi connectivity index (χ3v) is 4.78. The van der Waals surface area contributed by atoms with Gasteiger partial charge in [0.15, 0.2) is 0 Å². The lowest BCUT2D eigenvalue weighted by atomic mass is 10.1. The fourth-order valence-corrected chi connectivity index (χ4v) is 3.39. The van der Waals surface area contributed by atoms with Crippen LogP contribution in [0.25, 0.3) is 0 Å². The fraction of sp³-hybridized carbons (Fsp3) is 0.389. The van der Waals surface area contributed by atoms with E-state index in [0.717, 1.165) is 43.3 Å². The predicted octanol–water partition coefficient (Wildman–Crippen LogP) is 2.44. The number of morpholine rings is 1. The van der Waals surface area contributed by atoms with Crippen LogP contribution >= 0.6 is 11.3 Å². The van der Waals surface area contributed by atoms with Crippen LogP contribution in [0.5, 0.6) is 0 Å². The first kappa shape index (κ1) is 16.2. The van der Waals surface area contributed by atoms with Crippen LogP contribution in [0, 0.1) is 0 Å². The third kappa shape index (κ3) is 5.16. The molecule has 1 aromatic carbocycles. The smallest absolute Gasteiger partial charge is 0.225 e. The number of nitrogens with zero attached hydrogens (tertiary/aromatic N) is 1. The maximum Gasteiger partial charge on any atom is 0.225 e. The van der Waals surface area contributed by atoms with Crippen LogP contribution in [0.15, 0.2) is 41.8 Å². The number of thiophene rings is 1. The van der Waals surface area contributed by atoms with E-state index in [9.17, 15) is 4.79 Å². The van der Waals surface area contributed by atoms with Gasteiger partial charge in [0.1, 0.15) is 0 Å². The number of benzene rings is 1. The summed E-state index contributed by atoms with van der Waals surface area (Å²) in [4.78, 5) is 15.5. The quantitative estimate of drug-likeness (QED) is 0.884. The molecule has 3 rings (SSSR count). The lowest BCUT2D eigenvalue weighted by molar-refractivity contribution is -0.120. The highest BCUT2D eigenvalue weighted by Gasteiger charge is 2.11. The topological polar surface area (TPSA) is 41.6 Å². The van der Waals surface area contributed by atoms with Gasteiger partial charge in [-0.1, -0.05) is 30.3 Å². The lowest BCUT2D eigenvalue weighted by Crippen LogP contribution is -2.35. The van der Waals surface area contributed by atoms with E-state index in [-0.39, 0.29) is 5.91 Å². The van der Waals surface area contributed by atoms with Crippen LogP contribution < -0.4 is 5.32 Å². The second kappa shape index (κ2) is 8.24. The highest BCUT2D eigenvalue weighted by Crippen LogP contribution is 2.11. The summed E-state index contributed by atoms with van der Waals surface area (Å²) in [7, 11) is 0. The molecule has 0 spiro atoms. The van der Waals surface area contributed by atoms with E-state index in [0.29, 0.717) is 13.0 Å². The molecule has 0 atom stereocenters. The molecule has 1 saturated heterocycles. The molecule has 1 aliphatic heterocycles. The minimum Gasteiger partial charge on any atom is -0.379 e. The number of hydrogen-bond donors (Lipinski definition) is 1. The summed E-state index contributed by atoms with van der Waals surface area (Å²) in [6.07, 6.45) is 0.463. The van der Waals surface area contributed by atoms with Crippen molar-refractivity contribution >= 4 is 17.2 Å². The van der Waals surface area contributed by atoms with Gasteiger partial charge in [0, 0.05) is 31.1 Å². The van der Waals surface area contributed by atoms with Crippen LogP contribution in [-0.4, -0.2) is 37.1 Å². The molecule has 1 aromatic heterocycles. The summed E-state index contributed by atoms with van der Waals surface area (Å²) in [5, 5.41) is 5.00. The van der Waals surface area contributed by atoms with E-state index in [1.807, 2.05) is 17.5 Å². The zero-order valence-corrected chi connectivity index (χ0v) is 14.0. The predicted molar refractivity (Wildman–Crippen MR) is 92.4 cm³/mol. The van der Waals surface area contributed by atoms with Crippen LogP contribution in [-0.2, 0) is 29.0 Å². The Hall–Kier alpha value is -1.69. The number of nitrogens with one attached hydrogen (secondary N) is 1. The average molecular weight is 330 g/mol. The van der Waals surface area contributed by atoms with Gasteiger partial charge >= 0.3 is 0 Å². The van der Waals surface area contributed by atoms with Crippen LogP contribution in [0.2, 0.25) is 0 Å². The van der Waals surface area contributed by atoms with Gasteiger partial charge in [-0.05, 0) is 22.6 Å². The minimum atomic E-state index is 0.0750. The van der Waals surface area contributed by atoms with E-state index in [2.05, 4.69) is 34.5 Å². The van der Waals surface area contributed by atoms with E-state index in [1.165, 1.54) is 5.56 Å². The van der Waals surface area contributed by atoms with E-state index < -0.39 is 0 Å². The monoisotopic (exact) mass is 330 g/mol. The zero-order valence-electron chi connectivity index (χ0n) is 13.2. The van der Waals surface area contributed by atoms with Gasteiger partial charge in [-0.25, -0.2) is 0 Å².